The van der Waals surface area contributed by atoms with Crippen LogP contribution < -0.4 is 15.4 Å². The maximum atomic E-state index is 13.1. The molecule has 0 aliphatic rings. The Hall–Kier alpha value is -2.93. The molecule has 2 aromatic rings. The number of carbonyl (C=O) groups is 2. The van der Waals surface area contributed by atoms with E-state index in [0.29, 0.717) is 11.4 Å². The average molecular weight is 374 g/mol. The van der Waals surface area contributed by atoms with Gasteiger partial charge in [0.2, 0.25) is 11.8 Å². The van der Waals surface area contributed by atoms with Gasteiger partial charge in [-0.15, -0.1) is 0 Å². The molecule has 0 aliphatic heterocycles. The number of ether oxygens (including phenoxy) is 2. The topological polar surface area (TPSA) is 76.7 Å². The number of hydrogen-bond acceptors (Lipinski definition) is 4. The summed E-state index contributed by atoms with van der Waals surface area (Å²) in [6.45, 7) is 1.89. The number of halogens is 1. The second-order valence-electron chi connectivity index (χ2n) is 6.05. The zero-order valence-corrected chi connectivity index (χ0v) is 15.3. The maximum absolute atomic E-state index is 13.1. The Balaban J connectivity index is 1.85. The standard InChI is InChI=1S/C20H23FN2O4/c1-14(24)22-18(13-26-2)11-20(25)23-17-6-8-19(9-7-17)27-12-15-4-3-5-16(21)10-15/h3-10,18H,11-13H2,1-2H3,(H,22,24)(H,23,25). The molecule has 2 aromatic carbocycles. The molecule has 2 N–H and O–H groups in total. The second-order valence-corrected chi connectivity index (χ2v) is 6.05. The van der Waals surface area contributed by atoms with Gasteiger partial charge < -0.3 is 20.1 Å². The summed E-state index contributed by atoms with van der Waals surface area (Å²) >= 11 is 0. The summed E-state index contributed by atoms with van der Waals surface area (Å²) in [6.07, 6.45) is 0.102. The van der Waals surface area contributed by atoms with E-state index in [0.717, 1.165) is 5.56 Å². The number of carbonyl (C=O) groups excluding carboxylic acids is 2. The van der Waals surface area contributed by atoms with Crippen molar-refractivity contribution in [1.29, 1.82) is 0 Å². The molecule has 0 aliphatic carbocycles. The molecule has 2 amide bonds. The van der Waals surface area contributed by atoms with Crippen LogP contribution in [-0.4, -0.2) is 31.6 Å². The van der Waals surface area contributed by atoms with Gasteiger partial charge in [-0.1, -0.05) is 12.1 Å². The lowest BCUT2D eigenvalue weighted by atomic mass is 10.2. The highest BCUT2D eigenvalue weighted by Crippen LogP contribution is 2.17. The molecule has 27 heavy (non-hydrogen) atoms. The Kier molecular flexibility index (Phi) is 7.76. The Morgan fingerprint density at radius 1 is 1.15 bits per heavy atom. The summed E-state index contributed by atoms with van der Waals surface area (Å²) in [7, 11) is 1.51. The van der Waals surface area contributed by atoms with Crippen molar-refractivity contribution in [3.8, 4) is 5.75 Å². The van der Waals surface area contributed by atoms with Gasteiger partial charge in [0.1, 0.15) is 18.2 Å². The highest BCUT2D eigenvalue weighted by Gasteiger charge is 2.15. The number of nitrogens with one attached hydrogen (secondary N) is 2. The van der Waals surface area contributed by atoms with Crippen molar-refractivity contribution in [2.45, 2.75) is 26.0 Å². The molecule has 1 unspecified atom stereocenters. The van der Waals surface area contributed by atoms with Gasteiger partial charge in [0.05, 0.1) is 12.6 Å². The van der Waals surface area contributed by atoms with Crippen LogP contribution in [-0.2, 0) is 20.9 Å². The van der Waals surface area contributed by atoms with Gasteiger partial charge in [0, 0.05) is 26.1 Å². The second kappa shape index (κ2) is 10.3. The molecule has 6 nitrogen and oxygen atoms in total. The van der Waals surface area contributed by atoms with Crippen LogP contribution in [0.2, 0.25) is 0 Å². The first-order chi connectivity index (χ1) is 13.0. The van der Waals surface area contributed by atoms with Crippen molar-refractivity contribution in [2.75, 3.05) is 19.0 Å². The van der Waals surface area contributed by atoms with Crippen LogP contribution in [0.3, 0.4) is 0 Å². The lowest BCUT2D eigenvalue weighted by Crippen LogP contribution is -2.39. The van der Waals surface area contributed by atoms with E-state index in [2.05, 4.69) is 10.6 Å². The van der Waals surface area contributed by atoms with Gasteiger partial charge in [0.25, 0.3) is 0 Å². The summed E-state index contributed by atoms with van der Waals surface area (Å²) in [5.41, 5.74) is 1.34. The zero-order valence-electron chi connectivity index (χ0n) is 15.3. The Morgan fingerprint density at radius 3 is 2.52 bits per heavy atom. The van der Waals surface area contributed by atoms with Crippen LogP contribution in [0.15, 0.2) is 48.5 Å². The Morgan fingerprint density at radius 2 is 1.89 bits per heavy atom. The minimum atomic E-state index is -0.388. The van der Waals surface area contributed by atoms with E-state index in [9.17, 15) is 14.0 Å². The fraction of sp³-hybridized carbons (Fsp3) is 0.300. The third-order valence-electron chi connectivity index (χ3n) is 3.64. The van der Waals surface area contributed by atoms with Crippen LogP contribution in [0.1, 0.15) is 18.9 Å². The lowest BCUT2D eigenvalue weighted by molar-refractivity contribution is -0.121. The molecule has 0 aromatic heterocycles. The molecule has 2 rings (SSSR count). The molecular formula is C20H23FN2O4. The molecular weight excluding hydrogens is 351 g/mol. The summed E-state index contributed by atoms with van der Waals surface area (Å²) < 4.78 is 23.8. The van der Waals surface area contributed by atoms with Gasteiger partial charge in [0.15, 0.2) is 0 Å². The summed E-state index contributed by atoms with van der Waals surface area (Å²) in [4.78, 5) is 23.3. The fourth-order valence-electron chi connectivity index (χ4n) is 2.50. The van der Waals surface area contributed by atoms with Crippen molar-refractivity contribution in [3.05, 3.63) is 59.9 Å². The van der Waals surface area contributed by atoms with Crippen molar-refractivity contribution in [2.24, 2.45) is 0 Å². The van der Waals surface area contributed by atoms with Crippen molar-refractivity contribution < 1.29 is 23.5 Å². The number of benzene rings is 2. The monoisotopic (exact) mass is 374 g/mol. The highest BCUT2D eigenvalue weighted by molar-refractivity contribution is 5.91. The van der Waals surface area contributed by atoms with Crippen LogP contribution in [0, 0.1) is 5.82 Å². The average Bonchev–Trinajstić information content (AvgIpc) is 2.61. The normalized spacial score (nSPS) is 11.5. The number of anilines is 1. The van der Waals surface area contributed by atoms with E-state index in [1.807, 2.05) is 0 Å². The lowest BCUT2D eigenvalue weighted by Gasteiger charge is -2.16. The first kappa shape index (κ1) is 20.4. The molecule has 0 bridgehead atoms. The minimum Gasteiger partial charge on any atom is -0.489 e. The summed E-state index contributed by atoms with van der Waals surface area (Å²) in [5.74, 6) is -0.156. The van der Waals surface area contributed by atoms with E-state index in [1.165, 1.54) is 26.2 Å². The summed E-state index contributed by atoms with van der Waals surface area (Å²) in [5, 5.41) is 5.43. The van der Waals surface area contributed by atoms with Gasteiger partial charge in [-0.2, -0.15) is 0 Å². The molecule has 0 fully saturated rings. The third kappa shape index (κ3) is 7.45. The van der Waals surface area contributed by atoms with Crippen LogP contribution in [0.5, 0.6) is 5.75 Å². The predicted octanol–water partition coefficient (Wildman–Crippen LogP) is 2.88. The van der Waals surface area contributed by atoms with Gasteiger partial charge >= 0.3 is 0 Å². The largest absolute Gasteiger partial charge is 0.489 e. The predicted molar refractivity (Wildman–Crippen MR) is 99.9 cm³/mol. The number of rotatable bonds is 9. The van der Waals surface area contributed by atoms with Crippen LogP contribution in [0.25, 0.3) is 0 Å². The quantitative estimate of drug-likeness (QED) is 0.708. The molecule has 1 atom stereocenters. The van der Waals surface area contributed by atoms with Crippen LogP contribution >= 0.6 is 0 Å². The van der Waals surface area contributed by atoms with E-state index in [1.54, 1.807) is 36.4 Å². The first-order valence-corrected chi connectivity index (χ1v) is 8.49. The van der Waals surface area contributed by atoms with E-state index in [-0.39, 0.29) is 43.3 Å². The van der Waals surface area contributed by atoms with Gasteiger partial charge in [-0.25, -0.2) is 4.39 Å². The molecule has 0 saturated heterocycles. The Labute approximate surface area is 157 Å². The van der Waals surface area contributed by atoms with E-state index in [4.69, 9.17) is 9.47 Å². The molecule has 7 heteroatoms. The molecule has 0 radical (unpaired) electrons. The highest BCUT2D eigenvalue weighted by atomic mass is 19.1. The van der Waals surface area contributed by atoms with Crippen molar-refractivity contribution >= 4 is 17.5 Å². The molecule has 144 valence electrons. The number of hydrogen-bond donors (Lipinski definition) is 2. The molecule has 0 saturated carbocycles. The van der Waals surface area contributed by atoms with E-state index < -0.39 is 0 Å². The van der Waals surface area contributed by atoms with Crippen molar-refractivity contribution in [1.82, 2.24) is 5.32 Å². The molecule has 0 heterocycles. The maximum Gasteiger partial charge on any atom is 0.226 e. The van der Waals surface area contributed by atoms with Crippen LogP contribution in [0.4, 0.5) is 10.1 Å². The summed E-state index contributed by atoms with van der Waals surface area (Å²) in [6, 6.07) is 12.7. The molecule has 0 spiro atoms. The smallest absolute Gasteiger partial charge is 0.226 e. The Bertz CT molecular complexity index is 765. The van der Waals surface area contributed by atoms with Gasteiger partial charge in [-0.05, 0) is 42.0 Å². The number of amides is 2. The third-order valence-corrected chi connectivity index (χ3v) is 3.64. The first-order valence-electron chi connectivity index (χ1n) is 8.49. The fourth-order valence-corrected chi connectivity index (χ4v) is 2.50. The van der Waals surface area contributed by atoms with E-state index >= 15 is 0 Å². The number of methoxy groups -OCH3 is 1. The van der Waals surface area contributed by atoms with Crippen molar-refractivity contribution in [3.63, 3.8) is 0 Å². The zero-order chi connectivity index (χ0) is 19.6. The minimum absolute atomic E-state index is 0.102. The van der Waals surface area contributed by atoms with Gasteiger partial charge in [-0.3, -0.25) is 9.59 Å². The SMILES string of the molecule is COCC(CC(=O)Nc1ccc(OCc2cccc(F)c2)cc1)NC(C)=O.